The minimum atomic E-state index is -0.899. The molecule has 0 spiro atoms. The summed E-state index contributed by atoms with van der Waals surface area (Å²) in [5, 5.41) is 6.11. The second-order valence-electron chi connectivity index (χ2n) is 5.79. The summed E-state index contributed by atoms with van der Waals surface area (Å²) >= 11 is 0. The van der Waals surface area contributed by atoms with Gasteiger partial charge in [-0.3, -0.25) is 4.79 Å². The molecule has 1 fully saturated rings. The highest BCUT2D eigenvalue weighted by Gasteiger charge is 2.28. The molecule has 1 saturated heterocycles. The molecule has 0 radical (unpaired) electrons. The lowest BCUT2D eigenvalue weighted by Gasteiger charge is -2.31. The van der Waals surface area contributed by atoms with Crippen molar-refractivity contribution < 1.29 is 13.6 Å². The Bertz CT molecular complexity index is 502. The largest absolute Gasteiger partial charge is 0.347 e. The predicted octanol–water partition coefficient (Wildman–Crippen LogP) is 2.74. The van der Waals surface area contributed by atoms with Crippen molar-refractivity contribution in [3.05, 3.63) is 35.4 Å². The van der Waals surface area contributed by atoms with Gasteiger partial charge in [-0.05, 0) is 50.9 Å². The number of piperidine rings is 1. The first-order valence-corrected chi connectivity index (χ1v) is 6.88. The van der Waals surface area contributed by atoms with E-state index in [1.807, 2.05) is 0 Å². The van der Waals surface area contributed by atoms with E-state index < -0.39 is 17.2 Å². The topological polar surface area (TPSA) is 41.1 Å². The lowest BCUT2D eigenvalue weighted by Crippen LogP contribution is -2.47. The van der Waals surface area contributed by atoms with E-state index in [4.69, 9.17) is 0 Å². The second-order valence-corrected chi connectivity index (χ2v) is 5.79. The standard InChI is InChI=1S/C15H20F2N2O.ClH/c1-15(2,11-5-6-12(16)13(17)8-11)19-14(20)10-4-3-7-18-9-10;/h5-6,8,10,18H,3-4,7,9H2,1-2H3,(H,19,20);1H. The summed E-state index contributed by atoms with van der Waals surface area (Å²) in [4.78, 5) is 12.2. The van der Waals surface area contributed by atoms with Crippen LogP contribution >= 0.6 is 12.4 Å². The van der Waals surface area contributed by atoms with Gasteiger partial charge in [-0.25, -0.2) is 8.78 Å². The minimum absolute atomic E-state index is 0. The van der Waals surface area contributed by atoms with Gasteiger partial charge in [-0.1, -0.05) is 6.07 Å². The Morgan fingerprint density at radius 1 is 1.33 bits per heavy atom. The van der Waals surface area contributed by atoms with Crippen molar-refractivity contribution in [3.8, 4) is 0 Å². The Morgan fingerprint density at radius 2 is 2.05 bits per heavy atom. The number of halogens is 3. The van der Waals surface area contributed by atoms with Gasteiger partial charge in [0.05, 0.1) is 11.5 Å². The predicted molar refractivity (Wildman–Crippen MR) is 80.4 cm³/mol. The van der Waals surface area contributed by atoms with Crippen LogP contribution in [0.15, 0.2) is 18.2 Å². The number of rotatable bonds is 3. The molecule has 0 saturated carbocycles. The Kier molecular flexibility index (Phi) is 6.10. The molecule has 118 valence electrons. The van der Waals surface area contributed by atoms with Crippen LogP contribution in [0.2, 0.25) is 0 Å². The molecule has 1 heterocycles. The molecule has 1 aliphatic heterocycles. The Labute approximate surface area is 129 Å². The molecule has 21 heavy (non-hydrogen) atoms. The fourth-order valence-electron chi connectivity index (χ4n) is 2.44. The first-order valence-electron chi connectivity index (χ1n) is 6.88. The Balaban J connectivity index is 0.00000220. The number of amides is 1. The van der Waals surface area contributed by atoms with Gasteiger partial charge in [0.25, 0.3) is 0 Å². The number of nitrogens with one attached hydrogen (secondary N) is 2. The van der Waals surface area contributed by atoms with Gasteiger partial charge in [0.2, 0.25) is 5.91 Å². The quantitative estimate of drug-likeness (QED) is 0.900. The van der Waals surface area contributed by atoms with Crippen LogP contribution in [0.1, 0.15) is 32.3 Å². The number of hydrogen-bond donors (Lipinski definition) is 2. The molecule has 2 N–H and O–H groups in total. The zero-order valence-electron chi connectivity index (χ0n) is 12.2. The van der Waals surface area contributed by atoms with Crippen LogP contribution in [0.3, 0.4) is 0 Å². The summed E-state index contributed by atoms with van der Waals surface area (Å²) in [6.07, 6.45) is 1.83. The molecule has 1 aromatic carbocycles. The molecule has 3 nitrogen and oxygen atoms in total. The number of benzene rings is 1. The van der Waals surface area contributed by atoms with Crippen LogP contribution in [0.25, 0.3) is 0 Å². The first kappa shape index (κ1) is 17.9. The highest BCUT2D eigenvalue weighted by molar-refractivity contribution is 5.85. The van der Waals surface area contributed by atoms with E-state index in [1.54, 1.807) is 13.8 Å². The summed E-state index contributed by atoms with van der Waals surface area (Å²) < 4.78 is 26.3. The normalized spacial score (nSPS) is 18.8. The molecule has 0 aliphatic carbocycles. The lowest BCUT2D eigenvalue weighted by molar-refractivity contribution is -0.127. The molecule has 1 amide bonds. The maximum absolute atomic E-state index is 13.3. The maximum Gasteiger partial charge on any atom is 0.225 e. The number of carbonyl (C=O) groups is 1. The Morgan fingerprint density at radius 3 is 2.62 bits per heavy atom. The van der Waals surface area contributed by atoms with Gasteiger partial charge < -0.3 is 10.6 Å². The highest BCUT2D eigenvalue weighted by Crippen LogP contribution is 2.23. The van der Waals surface area contributed by atoms with Crippen molar-refractivity contribution in [2.24, 2.45) is 5.92 Å². The van der Waals surface area contributed by atoms with Crippen LogP contribution in [-0.4, -0.2) is 19.0 Å². The van der Waals surface area contributed by atoms with Crippen molar-refractivity contribution in [2.45, 2.75) is 32.2 Å². The van der Waals surface area contributed by atoms with Crippen LogP contribution in [0.5, 0.6) is 0 Å². The third-order valence-corrected chi connectivity index (χ3v) is 3.74. The van der Waals surface area contributed by atoms with Gasteiger partial charge in [0.1, 0.15) is 0 Å². The van der Waals surface area contributed by atoms with E-state index in [1.165, 1.54) is 6.07 Å². The highest BCUT2D eigenvalue weighted by atomic mass is 35.5. The lowest BCUT2D eigenvalue weighted by atomic mass is 9.91. The van der Waals surface area contributed by atoms with Crippen molar-refractivity contribution in [2.75, 3.05) is 13.1 Å². The summed E-state index contributed by atoms with van der Waals surface area (Å²) in [6, 6.07) is 3.72. The van der Waals surface area contributed by atoms with E-state index in [0.29, 0.717) is 12.1 Å². The zero-order chi connectivity index (χ0) is 14.8. The van der Waals surface area contributed by atoms with E-state index in [-0.39, 0.29) is 24.2 Å². The molecule has 0 aromatic heterocycles. The number of hydrogen-bond acceptors (Lipinski definition) is 2. The third-order valence-electron chi connectivity index (χ3n) is 3.74. The fraction of sp³-hybridized carbons (Fsp3) is 0.533. The summed E-state index contributed by atoms with van der Waals surface area (Å²) in [5.41, 5.74) is -0.184. The van der Waals surface area contributed by atoms with Crippen LogP contribution < -0.4 is 10.6 Å². The van der Waals surface area contributed by atoms with E-state index in [9.17, 15) is 13.6 Å². The molecule has 1 atom stereocenters. The monoisotopic (exact) mass is 318 g/mol. The smallest absolute Gasteiger partial charge is 0.225 e. The van der Waals surface area contributed by atoms with Crippen LogP contribution in [-0.2, 0) is 10.3 Å². The van der Waals surface area contributed by atoms with E-state index >= 15 is 0 Å². The minimum Gasteiger partial charge on any atom is -0.347 e. The third kappa shape index (κ3) is 4.38. The molecular weight excluding hydrogens is 298 g/mol. The van der Waals surface area contributed by atoms with Gasteiger partial charge in [0.15, 0.2) is 11.6 Å². The van der Waals surface area contributed by atoms with Crippen molar-refractivity contribution in [3.63, 3.8) is 0 Å². The van der Waals surface area contributed by atoms with Crippen molar-refractivity contribution in [1.82, 2.24) is 10.6 Å². The van der Waals surface area contributed by atoms with Gasteiger partial charge in [-0.15, -0.1) is 12.4 Å². The van der Waals surface area contributed by atoms with E-state index in [0.717, 1.165) is 31.5 Å². The molecular formula is C15H21ClF2N2O. The summed E-state index contributed by atoms with van der Waals surface area (Å²) in [6.45, 7) is 5.18. The SMILES string of the molecule is CC(C)(NC(=O)C1CCCNC1)c1ccc(F)c(F)c1.Cl. The second kappa shape index (κ2) is 7.18. The average molecular weight is 319 g/mol. The molecule has 1 unspecified atom stereocenters. The number of carbonyl (C=O) groups excluding carboxylic acids is 1. The van der Waals surface area contributed by atoms with Crippen LogP contribution in [0.4, 0.5) is 8.78 Å². The molecule has 1 aliphatic rings. The summed E-state index contributed by atoms with van der Waals surface area (Å²) in [7, 11) is 0. The fourth-order valence-corrected chi connectivity index (χ4v) is 2.44. The van der Waals surface area contributed by atoms with Gasteiger partial charge in [-0.2, -0.15) is 0 Å². The zero-order valence-corrected chi connectivity index (χ0v) is 13.0. The molecule has 1 aromatic rings. The average Bonchev–Trinajstić information content (AvgIpc) is 2.42. The Hall–Kier alpha value is -1.20. The van der Waals surface area contributed by atoms with E-state index in [2.05, 4.69) is 10.6 Å². The maximum atomic E-state index is 13.3. The molecule has 0 bridgehead atoms. The first-order chi connectivity index (χ1) is 9.40. The molecule has 6 heteroatoms. The van der Waals surface area contributed by atoms with Crippen LogP contribution in [0, 0.1) is 17.6 Å². The molecule has 2 rings (SSSR count). The van der Waals surface area contributed by atoms with Crippen molar-refractivity contribution >= 4 is 18.3 Å². The summed E-state index contributed by atoms with van der Waals surface area (Å²) in [5.74, 6) is -1.89. The van der Waals surface area contributed by atoms with Gasteiger partial charge in [0, 0.05) is 6.54 Å². The van der Waals surface area contributed by atoms with Crippen molar-refractivity contribution in [1.29, 1.82) is 0 Å². The van der Waals surface area contributed by atoms with Gasteiger partial charge >= 0.3 is 0 Å².